The van der Waals surface area contributed by atoms with E-state index in [1.54, 1.807) is 30.8 Å². The molecule has 2 heterocycles. The molecule has 2 aromatic carbocycles. The third-order valence-corrected chi connectivity index (χ3v) is 5.32. The predicted octanol–water partition coefficient (Wildman–Crippen LogP) is 5.18. The van der Waals surface area contributed by atoms with Crippen LogP contribution in [0.2, 0.25) is 5.02 Å². The van der Waals surface area contributed by atoms with Gasteiger partial charge in [-0.2, -0.15) is 5.10 Å². The molecule has 1 N–H and O–H groups in total. The average Bonchev–Trinajstić information content (AvgIpc) is 3.15. The summed E-state index contributed by atoms with van der Waals surface area (Å²) in [5, 5.41) is 9.49. The molecular formula is C24H23ClN4O3. The maximum atomic E-state index is 12.7. The maximum Gasteiger partial charge on any atom is 0.341 e. The molecule has 0 amide bonds. The van der Waals surface area contributed by atoms with E-state index in [1.807, 2.05) is 43.3 Å². The van der Waals surface area contributed by atoms with Crippen molar-refractivity contribution in [3.63, 3.8) is 0 Å². The van der Waals surface area contributed by atoms with E-state index in [0.717, 1.165) is 28.1 Å². The molecule has 0 radical (unpaired) electrons. The number of esters is 1. The monoisotopic (exact) mass is 450 g/mol. The Balaban J connectivity index is 1.79. The maximum absolute atomic E-state index is 12.7. The summed E-state index contributed by atoms with van der Waals surface area (Å²) >= 11 is 6.04. The van der Waals surface area contributed by atoms with Gasteiger partial charge in [0.1, 0.15) is 11.3 Å². The fraction of sp³-hybridized carbons (Fsp3) is 0.208. The fourth-order valence-electron chi connectivity index (χ4n) is 3.50. The molecule has 2 aromatic heterocycles. The van der Waals surface area contributed by atoms with Crippen molar-refractivity contribution < 1.29 is 14.3 Å². The van der Waals surface area contributed by atoms with Gasteiger partial charge in [-0.25, -0.2) is 14.5 Å². The van der Waals surface area contributed by atoms with Crippen molar-refractivity contribution in [1.29, 1.82) is 0 Å². The van der Waals surface area contributed by atoms with Gasteiger partial charge in [0, 0.05) is 17.8 Å². The smallest absolute Gasteiger partial charge is 0.341 e. The summed E-state index contributed by atoms with van der Waals surface area (Å²) in [6.07, 6.45) is 1.53. The van der Waals surface area contributed by atoms with Crippen LogP contribution in [0.4, 0.5) is 5.69 Å². The van der Waals surface area contributed by atoms with Crippen molar-refractivity contribution in [2.45, 2.75) is 20.4 Å². The number of nitrogens with one attached hydrogen (secondary N) is 1. The zero-order valence-electron chi connectivity index (χ0n) is 18.1. The lowest BCUT2D eigenvalue weighted by atomic mass is 10.1. The number of aryl methyl sites for hydroxylation is 1. The number of anilines is 1. The van der Waals surface area contributed by atoms with Crippen LogP contribution in [0.5, 0.6) is 5.75 Å². The first-order valence-electron chi connectivity index (χ1n) is 10.2. The van der Waals surface area contributed by atoms with E-state index in [4.69, 9.17) is 21.1 Å². The van der Waals surface area contributed by atoms with Crippen LogP contribution in [0.3, 0.4) is 0 Å². The number of hydrogen-bond acceptors (Lipinski definition) is 6. The SMILES string of the molecule is CCOC(=O)c1cnc2c(c(C)nn2-c2ccc(Cl)cc2)c1NCc1ccc(OC)cc1. The quantitative estimate of drug-likeness (QED) is 0.391. The molecule has 0 saturated carbocycles. The highest BCUT2D eigenvalue weighted by Crippen LogP contribution is 2.31. The molecule has 7 nitrogen and oxygen atoms in total. The number of methoxy groups -OCH3 is 1. The van der Waals surface area contributed by atoms with Gasteiger partial charge in [-0.1, -0.05) is 23.7 Å². The van der Waals surface area contributed by atoms with E-state index in [9.17, 15) is 4.79 Å². The molecule has 0 spiro atoms. The van der Waals surface area contributed by atoms with Crippen molar-refractivity contribution in [3.8, 4) is 11.4 Å². The standard InChI is InChI=1S/C24H23ClN4O3/c1-4-32-24(30)20-14-27-23-21(15(2)28-29(23)18-9-7-17(25)8-10-18)22(20)26-13-16-5-11-19(31-3)12-6-16/h5-12,14H,4,13H2,1-3H3,(H,26,27). The van der Waals surface area contributed by atoms with Crippen LogP contribution in [0, 0.1) is 6.92 Å². The molecule has 0 saturated heterocycles. The molecule has 4 aromatic rings. The molecule has 0 aliphatic rings. The van der Waals surface area contributed by atoms with Gasteiger partial charge in [-0.3, -0.25) is 0 Å². The van der Waals surface area contributed by atoms with Crippen LogP contribution in [0.25, 0.3) is 16.7 Å². The van der Waals surface area contributed by atoms with Crippen LogP contribution in [0.1, 0.15) is 28.5 Å². The molecule has 8 heteroatoms. The Bertz CT molecular complexity index is 1250. The number of carbonyl (C=O) groups is 1. The van der Waals surface area contributed by atoms with Crippen LogP contribution in [-0.4, -0.2) is 34.5 Å². The summed E-state index contributed by atoms with van der Waals surface area (Å²) in [5.41, 5.74) is 4.24. The molecule has 32 heavy (non-hydrogen) atoms. The largest absolute Gasteiger partial charge is 0.497 e. The van der Waals surface area contributed by atoms with Gasteiger partial charge in [0.15, 0.2) is 5.65 Å². The number of benzene rings is 2. The number of carbonyl (C=O) groups excluding carboxylic acids is 1. The number of pyridine rings is 1. The predicted molar refractivity (Wildman–Crippen MR) is 125 cm³/mol. The lowest BCUT2D eigenvalue weighted by Gasteiger charge is -2.13. The lowest BCUT2D eigenvalue weighted by molar-refractivity contribution is 0.0527. The number of aromatic nitrogens is 3. The first kappa shape index (κ1) is 21.6. The molecule has 0 unspecified atom stereocenters. The molecule has 0 fully saturated rings. The second kappa shape index (κ2) is 9.28. The molecule has 0 aliphatic heterocycles. The van der Waals surface area contributed by atoms with E-state index in [1.165, 1.54) is 6.20 Å². The van der Waals surface area contributed by atoms with E-state index in [0.29, 0.717) is 28.5 Å². The second-order valence-corrected chi connectivity index (χ2v) is 7.58. The summed E-state index contributed by atoms with van der Waals surface area (Å²) in [7, 11) is 1.63. The Kier molecular flexibility index (Phi) is 6.28. The summed E-state index contributed by atoms with van der Waals surface area (Å²) in [5.74, 6) is 0.352. The number of rotatable bonds is 7. The van der Waals surface area contributed by atoms with Gasteiger partial charge < -0.3 is 14.8 Å². The van der Waals surface area contributed by atoms with Gasteiger partial charge in [0.25, 0.3) is 0 Å². The highest BCUT2D eigenvalue weighted by Gasteiger charge is 2.22. The summed E-state index contributed by atoms with van der Waals surface area (Å²) in [4.78, 5) is 17.2. The van der Waals surface area contributed by atoms with E-state index < -0.39 is 5.97 Å². The summed E-state index contributed by atoms with van der Waals surface area (Å²) in [6, 6.07) is 15.1. The number of hydrogen-bond donors (Lipinski definition) is 1. The number of nitrogens with zero attached hydrogens (tertiary/aromatic N) is 3. The Morgan fingerprint density at radius 2 is 1.84 bits per heavy atom. The van der Waals surface area contributed by atoms with Crippen LogP contribution in [-0.2, 0) is 11.3 Å². The topological polar surface area (TPSA) is 78.3 Å². The molecule has 164 valence electrons. The zero-order chi connectivity index (χ0) is 22.7. The van der Waals surface area contributed by atoms with Crippen molar-refractivity contribution in [3.05, 3.63) is 76.6 Å². The highest BCUT2D eigenvalue weighted by molar-refractivity contribution is 6.30. The van der Waals surface area contributed by atoms with Gasteiger partial charge in [-0.05, 0) is 55.8 Å². The minimum absolute atomic E-state index is 0.276. The number of fused-ring (bicyclic) bond motifs is 1. The summed E-state index contributed by atoms with van der Waals surface area (Å²) in [6.45, 7) is 4.45. The van der Waals surface area contributed by atoms with Crippen LogP contribution in [0.15, 0.2) is 54.7 Å². The number of halogens is 1. The van der Waals surface area contributed by atoms with Crippen molar-refractivity contribution in [1.82, 2.24) is 14.8 Å². The van der Waals surface area contributed by atoms with Crippen LogP contribution >= 0.6 is 11.6 Å². The van der Waals surface area contributed by atoms with Crippen molar-refractivity contribution in [2.75, 3.05) is 19.0 Å². The number of ether oxygens (including phenoxy) is 2. The molecule has 0 aliphatic carbocycles. The van der Waals surface area contributed by atoms with Gasteiger partial charge in [0.2, 0.25) is 0 Å². The van der Waals surface area contributed by atoms with Gasteiger partial charge in [0.05, 0.1) is 36.2 Å². The third kappa shape index (κ3) is 4.24. The Morgan fingerprint density at radius 1 is 1.12 bits per heavy atom. The van der Waals surface area contributed by atoms with E-state index in [2.05, 4.69) is 15.4 Å². The zero-order valence-corrected chi connectivity index (χ0v) is 18.8. The normalized spacial score (nSPS) is 10.9. The lowest BCUT2D eigenvalue weighted by Crippen LogP contribution is -2.11. The fourth-order valence-corrected chi connectivity index (χ4v) is 3.62. The average molecular weight is 451 g/mol. The second-order valence-electron chi connectivity index (χ2n) is 7.14. The van der Waals surface area contributed by atoms with Crippen molar-refractivity contribution in [2.24, 2.45) is 0 Å². The highest BCUT2D eigenvalue weighted by atomic mass is 35.5. The van der Waals surface area contributed by atoms with E-state index >= 15 is 0 Å². The molecule has 0 atom stereocenters. The van der Waals surface area contributed by atoms with Crippen molar-refractivity contribution >= 4 is 34.3 Å². The Hall–Kier alpha value is -3.58. The molecule has 0 bridgehead atoms. The minimum Gasteiger partial charge on any atom is -0.497 e. The molecule has 4 rings (SSSR count). The van der Waals surface area contributed by atoms with Crippen LogP contribution < -0.4 is 10.1 Å². The molecular weight excluding hydrogens is 428 g/mol. The first-order chi connectivity index (χ1) is 15.5. The van der Waals surface area contributed by atoms with Gasteiger partial charge >= 0.3 is 5.97 Å². The van der Waals surface area contributed by atoms with Gasteiger partial charge in [-0.15, -0.1) is 0 Å². The Labute approximate surface area is 190 Å². The van der Waals surface area contributed by atoms with E-state index in [-0.39, 0.29) is 6.61 Å². The summed E-state index contributed by atoms with van der Waals surface area (Å²) < 4.78 is 12.2. The minimum atomic E-state index is -0.433. The third-order valence-electron chi connectivity index (χ3n) is 5.07. The Morgan fingerprint density at radius 3 is 2.50 bits per heavy atom. The first-order valence-corrected chi connectivity index (χ1v) is 10.6.